The Morgan fingerprint density at radius 1 is 0.863 bits per heavy atom. The molecule has 9 nitrogen and oxygen atoms in total. The molecule has 2 unspecified atom stereocenters. The lowest BCUT2D eigenvalue weighted by Gasteiger charge is -2.39. The number of nitro benzene ring substituents is 1. The second-order valence-corrected chi connectivity index (χ2v) is 15.1. The van der Waals surface area contributed by atoms with Gasteiger partial charge in [-0.15, -0.1) is 0 Å². The summed E-state index contributed by atoms with van der Waals surface area (Å²) in [6.07, 6.45) is 6.97. The van der Waals surface area contributed by atoms with Gasteiger partial charge in [-0.25, -0.2) is 4.79 Å². The number of non-ortho nitro benzene ring substituents is 1. The SMILES string of the molecule is CCn1c2ccc(/C(=N/OC(=O)c3ccccc3)C(O)(c3ccccc3)P(=O)(C3=CCCC=C3)c3ccccc3)cc2c2cc([N+](=O)[O-])ccc21. The summed E-state index contributed by atoms with van der Waals surface area (Å²) >= 11 is 0. The number of carbonyl (C=O) groups is 1. The standard InChI is InChI=1S/C41H34N3O6P/c1-2-43-37-25-23-30(27-35(37)36-28-32(44(47)48)24-26-38(36)43)39(42-50-40(45)29-15-7-3-8-16-29)41(46,31-17-9-4-10-18-31)51(49,33-19-11-5-12-20-33)34-21-13-6-14-22-34/h3-5,7-13,15-28,46H,2,6,14H2,1H3/b42-39-. The Labute approximate surface area is 294 Å². The number of nitro groups is 1. The van der Waals surface area contributed by atoms with Crippen LogP contribution in [-0.4, -0.2) is 26.3 Å². The van der Waals surface area contributed by atoms with Crippen molar-refractivity contribution in [3.05, 3.63) is 178 Å². The summed E-state index contributed by atoms with van der Waals surface area (Å²) in [5, 5.41) is 29.6. The van der Waals surface area contributed by atoms with E-state index in [4.69, 9.17) is 4.84 Å². The Hall–Kier alpha value is -5.89. The molecule has 0 amide bonds. The highest BCUT2D eigenvalue weighted by Crippen LogP contribution is 2.68. The Bertz CT molecular complexity index is 2420. The zero-order chi connectivity index (χ0) is 35.6. The Morgan fingerprint density at radius 2 is 1.49 bits per heavy atom. The lowest BCUT2D eigenvalue weighted by molar-refractivity contribution is -0.384. The minimum absolute atomic E-state index is 0.0703. The van der Waals surface area contributed by atoms with Gasteiger partial charge in [-0.2, -0.15) is 0 Å². The molecule has 51 heavy (non-hydrogen) atoms. The number of aryl methyl sites for hydroxylation is 1. The summed E-state index contributed by atoms with van der Waals surface area (Å²) in [5.74, 6) is -0.769. The quantitative estimate of drug-likeness (QED) is 0.0502. The van der Waals surface area contributed by atoms with Crippen molar-refractivity contribution >= 4 is 51.6 Å². The fraction of sp³-hybridized carbons (Fsp3) is 0.122. The van der Waals surface area contributed by atoms with E-state index in [9.17, 15) is 20.0 Å². The third kappa shape index (κ3) is 5.80. The number of oxime groups is 1. The average molecular weight is 696 g/mol. The molecule has 1 aliphatic rings. The predicted molar refractivity (Wildman–Crippen MR) is 201 cm³/mol. The monoisotopic (exact) mass is 695 g/mol. The molecule has 1 heterocycles. The average Bonchev–Trinajstić information content (AvgIpc) is 3.51. The molecule has 0 spiro atoms. The largest absolute Gasteiger partial charge is 0.371 e. The maximum absolute atomic E-state index is 16.3. The van der Waals surface area contributed by atoms with Gasteiger partial charge in [-0.05, 0) is 55.7 Å². The molecule has 0 saturated carbocycles. The van der Waals surface area contributed by atoms with Gasteiger partial charge < -0.3 is 19.1 Å². The molecule has 7 rings (SSSR count). The number of carbonyl (C=O) groups excluding carboxylic acids is 1. The number of aromatic nitrogens is 1. The minimum atomic E-state index is -4.16. The number of rotatable bonds is 10. The fourth-order valence-corrected chi connectivity index (χ4v) is 10.2. The van der Waals surface area contributed by atoms with Crippen molar-refractivity contribution in [1.82, 2.24) is 4.57 Å². The van der Waals surface area contributed by atoms with Crippen LogP contribution in [0, 0.1) is 10.1 Å². The van der Waals surface area contributed by atoms with E-state index in [0.717, 1.165) is 17.5 Å². The molecule has 0 fully saturated rings. The fourth-order valence-electron chi connectivity index (χ4n) is 6.86. The minimum Gasteiger partial charge on any atom is -0.371 e. The second-order valence-electron chi connectivity index (χ2n) is 12.2. The lowest BCUT2D eigenvalue weighted by Crippen LogP contribution is -2.40. The maximum Gasteiger partial charge on any atom is 0.365 e. The van der Waals surface area contributed by atoms with E-state index in [-0.39, 0.29) is 22.5 Å². The Kier molecular flexibility index (Phi) is 9.08. The summed E-state index contributed by atoms with van der Waals surface area (Å²) in [6.45, 7) is 2.57. The Balaban J connectivity index is 1.56. The van der Waals surface area contributed by atoms with Crippen molar-refractivity contribution in [1.29, 1.82) is 0 Å². The molecular formula is C41H34N3O6P. The van der Waals surface area contributed by atoms with Gasteiger partial charge in [0.25, 0.3) is 5.69 Å². The summed E-state index contributed by atoms with van der Waals surface area (Å²) in [5.41, 5.74) is 2.18. The molecular weight excluding hydrogens is 661 g/mol. The number of aliphatic hydroxyl groups is 1. The van der Waals surface area contributed by atoms with Crippen LogP contribution in [0.1, 0.15) is 41.3 Å². The van der Waals surface area contributed by atoms with Crippen LogP contribution in [0.4, 0.5) is 5.69 Å². The number of nitrogens with zero attached hydrogens (tertiary/aromatic N) is 3. The van der Waals surface area contributed by atoms with Crippen molar-refractivity contribution in [3.8, 4) is 0 Å². The molecule has 254 valence electrons. The zero-order valence-electron chi connectivity index (χ0n) is 27.8. The molecule has 10 heteroatoms. The normalized spacial score (nSPS) is 15.6. The molecule has 0 aliphatic heterocycles. The highest BCUT2D eigenvalue weighted by Gasteiger charge is 2.55. The number of allylic oxidation sites excluding steroid dienone is 4. The van der Waals surface area contributed by atoms with Crippen molar-refractivity contribution < 1.29 is 24.2 Å². The van der Waals surface area contributed by atoms with E-state index in [1.54, 1.807) is 109 Å². The van der Waals surface area contributed by atoms with Gasteiger partial charge >= 0.3 is 5.97 Å². The van der Waals surface area contributed by atoms with E-state index >= 15 is 4.57 Å². The molecule has 5 aromatic carbocycles. The summed E-state index contributed by atoms with van der Waals surface area (Å²) in [6, 6.07) is 35.8. The summed E-state index contributed by atoms with van der Waals surface area (Å²) < 4.78 is 18.3. The summed E-state index contributed by atoms with van der Waals surface area (Å²) in [7, 11) is -4.16. The van der Waals surface area contributed by atoms with Crippen molar-refractivity contribution in [3.63, 3.8) is 0 Å². The molecule has 0 saturated heterocycles. The van der Waals surface area contributed by atoms with Gasteiger partial charge in [0.05, 0.1) is 10.5 Å². The second kappa shape index (κ2) is 13.8. The van der Waals surface area contributed by atoms with Crippen molar-refractivity contribution in [2.45, 2.75) is 31.7 Å². The molecule has 1 aromatic heterocycles. The maximum atomic E-state index is 16.3. The van der Waals surface area contributed by atoms with Gasteiger partial charge in [-0.1, -0.05) is 108 Å². The molecule has 0 bridgehead atoms. The lowest BCUT2D eigenvalue weighted by atomic mass is 9.97. The van der Waals surface area contributed by atoms with Gasteiger partial charge in [0.2, 0.25) is 0 Å². The van der Waals surface area contributed by atoms with Crippen LogP contribution >= 0.6 is 7.14 Å². The summed E-state index contributed by atoms with van der Waals surface area (Å²) in [4.78, 5) is 30.5. The van der Waals surface area contributed by atoms with E-state index < -0.39 is 23.4 Å². The predicted octanol–water partition coefficient (Wildman–Crippen LogP) is 9.05. The number of hydrogen-bond acceptors (Lipinski definition) is 7. The van der Waals surface area contributed by atoms with E-state index in [0.29, 0.717) is 39.9 Å². The first-order chi connectivity index (χ1) is 24.8. The van der Waals surface area contributed by atoms with Crippen LogP contribution in [0.3, 0.4) is 0 Å². The Morgan fingerprint density at radius 3 is 2.12 bits per heavy atom. The van der Waals surface area contributed by atoms with Gasteiger partial charge in [0.15, 0.2) is 12.5 Å². The first-order valence-electron chi connectivity index (χ1n) is 16.6. The van der Waals surface area contributed by atoms with Crippen LogP contribution < -0.4 is 5.30 Å². The first-order valence-corrected chi connectivity index (χ1v) is 18.3. The molecule has 6 aromatic rings. The molecule has 1 N–H and O–H groups in total. The molecule has 1 aliphatic carbocycles. The third-order valence-corrected chi connectivity index (χ3v) is 12.8. The number of fused-ring (bicyclic) bond motifs is 3. The smallest absolute Gasteiger partial charge is 0.365 e. The van der Waals surface area contributed by atoms with Crippen LogP contribution in [0.2, 0.25) is 0 Å². The van der Waals surface area contributed by atoms with Crippen LogP contribution in [0.5, 0.6) is 0 Å². The molecule has 0 radical (unpaired) electrons. The van der Waals surface area contributed by atoms with E-state index in [1.165, 1.54) is 12.1 Å². The van der Waals surface area contributed by atoms with E-state index in [1.807, 2.05) is 35.8 Å². The van der Waals surface area contributed by atoms with Crippen molar-refractivity contribution in [2.24, 2.45) is 5.16 Å². The van der Waals surface area contributed by atoms with Gasteiger partial charge in [0.1, 0.15) is 5.71 Å². The number of hydrogen-bond donors (Lipinski definition) is 1. The van der Waals surface area contributed by atoms with E-state index in [2.05, 4.69) is 5.16 Å². The topological polar surface area (TPSA) is 124 Å². The zero-order valence-corrected chi connectivity index (χ0v) is 28.6. The first kappa shape index (κ1) is 33.6. The van der Waals surface area contributed by atoms with Crippen molar-refractivity contribution in [2.75, 3.05) is 0 Å². The van der Waals surface area contributed by atoms with Gasteiger partial charge in [-0.3, -0.25) is 10.1 Å². The van der Waals surface area contributed by atoms with Crippen LogP contribution in [0.25, 0.3) is 21.8 Å². The highest BCUT2D eigenvalue weighted by molar-refractivity contribution is 7.77. The third-order valence-electron chi connectivity index (χ3n) is 9.30. The molecule has 2 atom stereocenters. The van der Waals surface area contributed by atoms with Gasteiger partial charge in [0, 0.05) is 56.7 Å². The van der Waals surface area contributed by atoms with Crippen LogP contribution in [-0.2, 0) is 21.3 Å². The highest BCUT2D eigenvalue weighted by atomic mass is 31.2. The van der Waals surface area contributed by atoms with Crippen LogP contribution in [0.15, 0.2) is 156 Å². The number of benzene rings is 5.